The third kappa shape index (κ3) is 36.6. The molecule has 0 atom stereocenters. The largest absolute Gasteiger partial charge is 0.316 e. The molecule has 0 rings (SSSR count). The molecule has 0 spiro atoms. The third-order valence-electron chi connectivity index (χ3n) is 0. The van der Waals surface area contributed by atoms with Crippen LogP contribution in [0.25, 0.3) is 0 Å². The minimum absolute atomic E-state index is 0. The second kappa shape index (κ2) is 45.4. The van der Waals surface area contributed by atoms with Crippen LogP contribution in [-0.4, -0.2) is 75.0 Å². The topological polar surface area (TPSA) is 0 Å². The first-order valence-corrected chi connectivity index (χ1v) is 3.39. The first-order valence-electron chi connectivity index (χ1n) is 0.158. The summed E-state index contributed by atoms with van der Waals surface area (Å²) < 4.78 is 0. The van der Waals surface area contributed by atoms with Crippen LogP contribution in [-0.2, 0) is 67.8 Å². The molecule has 0 saturated heterocycles. The van der Waals surface area contributed by atoms with Gasteiger partial charge < -0.3 is 0 Å². The average Bonchev–Trinajstić information content (AvgIpc) is 1.00. The Kier molecular flexibility index (Phi) is 267. The molecule has 0 aromatic heterocycles. The van der Waals surface area contributed by atoms with Crippen molar-refractivity contribution in [3.63, 3.8) is 0 Å². The molecule has 0 N–H and O–H groups in total. The molecule has 43 valence electrons. The molecular formula is H5CaCuFeMgMnSeZn. The molecule has 0 aliphatic rings. The van der Waals surface area contributed by atoms with E-state index >= 15 is 0 Å². The molecule has 0 bridgehead atoms. The van der Waals surface area contributed by atoms with Crippen LogP contribution in [0.15, 0.2) is 0 Å². The van der Waals surface area contributed by atoms with Gasteiger partial charge in [0.05, 0.1) is 0 Å². The van der Waals surface area contributed by atoms with E-state index in [9.17, 15) is 0 Å². The maximum atomic E-state index is 3.19. The van der Waals surface area contributed by atoms with E-state index in [0.717, 1.165) is 0 Å². The van der Waals surface area contributed by atoms with Gasteiger partial charge in [-0.25, -0.2) is 0 Å². The van der Waals surface area contributed by atoms with Crippen molar-refractivity contribution in [2.45, 2.75) is 0 Å². The van der Waals surface area contributed by atoms with Gasteiger partial charge in [0.2, 0.25) is 0 Å². The van der Waals surface area contributed by atoms with Gasteiger partial charge in [0, 0.05) is 53.6 Å². The normalized spacial score (nSPS) is 0.857. The number of hydrogen-bond donors (Lipinski definition) is 0. The summed E-state index contributed by atoms with van der Waals surface area (Å²) in [6.45, 7) is 0. The van der Waals surface area contributed by atoms with E-state index in [-0.39, 0.29) is 114 Å². The molecule has 2 radical (unpaired) electrons. The van der Waals surface area contributed by atoms with Gasteiger partial charge in [0.1, 0.15) is 0 Å². The number of rotatable bonds is 0. The molecule has 0 fully saturated rings. The van der Waals surface area contributed by atoms with Gasteiger partial charge in [-0.2, -0.15) is 0 Å². The Hall–Kier alpha value is 4.73. The van der Waals surface area contributed by atoms with Crippen molar-refractivity contribution in [2.75, 3.05) is 0 Å². The van der Waals surface area contributed by atoms with Crippen molar-refractivity contribution in [3.8, 4) is 0 Å². The van der Waals surface area contributed by atoms with Gasteiger partial charge in [-0.15, -0.1) is 0 Å². The SMILES string of the molecule is [CaH2].[Cu].[Fe][SeH].[MgH2].[Mn].[Zn]. The van der Waals surface area contributed by atoms with Gasteiger partial charge in [-0.3, -0.25) is 0 Å². The summed E-state index contributed by atoms with van der Waals surface area (Å²) in [4.78, 5) is 0. The summed E-state index contributed by atoms with van der Waals surface area (Å²) in [5.41, 5.74) is 0. The molecule has 7 heavy (non-hydrogen) atoms. The Morgan fingerprint density at radius 2 is 1.14 bits per heavy atom. The fourth-order valence-corrected chi connectivity index (χ4v) is 0. The molecular weight excluding hydrogens is 383 g/mol. The molecule has 0 aromatic carbocycles. The van der Waals surface area contributed by atoms with Crippen LogP contribution in [0.1, 0.15) is 0 Å². The smallest absolute Gasteiger partial charge is 0 e. The minimum atomic E-state index is 0. The minimum Gasteiger partial charge on any atom is 0 e. The third-order valence-corrected chi connectivity index (χ3v) is 0. The molecule has 0 aromatic rings. The van der Waals surface area contributed by atoms with Gasteiger partial charge in [0.25, 0.3) is 0 Å². The fraction of sp³-hybridized carbons (Fsp3) is 0. The molecule has 0 unspecified atom stereocenters. The predicted molar refractivity (Wildman–Crippen MR) is 24.2 cm³/mol. The maximum Gasteiger partial charge on any atom is 0.316 e. The van der Waals surface area contributed by atoms with E-state index in [1.807, 2.05) is 0 Å². The van der Waals surface area contributed by atoms with Gasteiger partial charge in [0.15, 0.2) is 0 Å². The molecule has 0 aliphatic heterocycles. The van der Waals surface area contributed by atoms with Crippen LogP contribution >= 0.6 is 0 Å². The monoisotopic (exact) mass is 387 g/mol. The van der Waals surface area contributed by atoms with Crippen molar-refractivity contribution >= 4 is 75.0 Å². The Morgan fingerprint density at radius 3 is 1.14 bits per heavy atom. The summed E-state index contributed by atoms with van der Waals surface area (Å²) in [5.74, 6) is 0. The molecule has 0 aliphatic carbocycles. The summed E-state index contributed by atoms with van der Waals surface area (Å²) in [7, 11) is 0. The van der Waals surface area contributed by atoms with Crippen LogP contribution < -0.4 is 0 Å². The molecule has 0 amide bonds. The van der Waals surface area contributed by atoms with E-state index in [0.29, 0.717) is 0 Å². The first kappa shape index (κ1) is 41.1. The second-order valence-electron chi connectivity index (χ2n) is 0. The summed E-state index contributed by atoms with van der Waals surface area (Å²) >= 11 is 5.25. The van der Waals surface area contributed by atoms with Crippen LogP contribution in [0.4, 0.5) is 0 Å². The Balaban J connectivity index is -0.000000000500. The van der Waals surface area contributed by atoms with Crippen LogP contribution in [0.5, 0.6) is 0 Å². The van der Waals surface area contributed by atoms with Gasteiger partial charge >= 0.3 is 89.2 Å². The Labute approximate surface area is 139 Å². The van der Waals surface area contributed by atoms with E-state index in [1.165, 1.54) is 0 Å². The van der Waals surface area contributed by atoms with Crippen molar-refractivity contribution in [2.24, 2.45) is 0 Å². The molecule has 7 heteroatoms. The summed E-state index contributed by atoms with van der Waals surface area (Å²) in [6, 6.07) is 0. The van der Waals surface area contributed by atoms with Crippen molar-refractivity contribution in [3.05, 3.63) is 0 Å². The van der Waals surface area contributed by atoms with Gasteiger partial charge in [-0.05, 0) is 0 Å². The van der Waals surface area contributed by atoms with E-state index in [4.69, 9.17) is 0 Å². The van der Waals surface area contributed by atoms with Crippen molar-refractivity contribution in [1.29, 1.82) is 0 Å². The van der Waals surface area contributed by atoms with Crippen molar-refractivity contribution in [1.82, 2.24) is 0 Å². The van der Waals surface area contributed by atoms with Crippen LogP contribution in [0.3, 0.4) is 0 Å². The summed E-state index contributed by atoms with van der Waals surface area (Å²) in [6.07, 6.45) is 0. The van der Waals surface area contributed by atoms with E-state index < -0.39 is 0 Å². The zero-order valence-corrected chi connectivity index (χ0v) is 10.3. The standard InChI is InChI=1S/Ca.Cu.Fe.Mg.Mn.H2Se.Zn.4H/h;;;;;1H2;;;;;/q;;+1;;;;;;;;/p-1. The molecule has 0 heterocycles. The predicted octanol–water partition coefficient (Wildman–Crippen LogP) is -2.49. The zero-order valence-electron chi connectivity index (χ0n) is 2.19. The van der Waals surface area contributed by atoms with Crippen molar-refractivity contribution < 1.29 is 67.8 Å². The van der Waals surface area contributed by atoms with Crippen LogP contribution in [0.2, 0.25) is 0 Å². The summed E-state index contributed by atoms with van der Waals surface area (Å²) in [5, 5.41) is 0. The average molecular weight is 388 g/mol. The van der Waals surface area contributed by atoms with E-state index in [1.54, 1.807) is 0 Å². The fourth-order valence-electron chi connectivity index (χ4n) is 0. The van der Waals surface area contributed by atoms with Crippen LogP contribution in [0, 0.1) is 0 Å². The maximum absolute atomic E-state index is 3.19. The second-order valence-corrected chi connectivity index (χ2v) is 0. The molecule has 0 saturated carbocycles. The molecule has 0 nitrogen and oxygen atoms in total. The number of hydrogen-bond acceptors (Lipinski definition) is 0. The van der Waals surface area contributed by atoms with E-state index in [2.05, 4.69) is 28.4 Å². The Morgan fingerprint density at radius 1 is 1.14 bits per heavy atom. The zero-order chi connectivity index (χ0) is 2.00. The Bertz CT molecular complexity index is 19.7. The first-order chi connectivity index (χ1) is 1.00. The quantitative estimate of drug-likeness (QED) is 0.403. The van der Waals surface area contributed by atoms with Gasteiger partial charge in [-0.1, -0.05) is 0 Å².